The first-order chi connectivity index (χ1) is 6.60. The second kappa shape index (κ2) is 4.70. The van der Waals surface area contributed by atoms with Gasteiger partial charge < -0.3 is 9.72 Å². The van der Waals surface area contributed by atoms with Crippen LogP contribution in [0.2, 0.25) is 0 Å². The Morgan fingerprint density at radius 1 is 1.64 bits per heavy atom. The van der Waals surface area contributed by atoms with Crippen LogP contribution in [0, 0.1) is 0 Å². The standard InChI is InChI=1S/C9H13BrN2O2/c1-4-6-7(10)9(13)12-8(11-6)5(2)14-3/h5H,4H2,1-3H3,(H,11,12,13). The molecular weight excluding hydrogens is 248 g/mol. The van der Waals surface area contributed by atoms with Crippen LogP contribution in [0.4, 0.5) is 0 Å². The molecule has 4 nitrogen and oxygen atoms in total. The number of hydrogen-bond acceptors (Lipinski definition) is 3. The second-order valence-electron chi connectivity index (χ2n) is 2.94. The Hall–Kier alpha value is -0.680. The second-order valence-corrected chi connectivity index (χ2v) is 3.74. The van der Waals surface area contributed by atoms with Gasteiger partial charge in [0.05, 0.1) is 5.69 Å². The van der Waals surface area contributed by atoms with Crippen molar-refractivity contribution in [2.45, 2.75) is 26.4 Å². The fourth-order valence-corrected chi connectivity index (χ4v) is 1.53. The van der Waals surface area contributed by atoms with E-state index in [0.29, 0.717) is 16.7 Å². The molecule has 0 spiro atoms. The molecule has 1 aromatic heterocycles. The molecule has 0 aliphatic heterocycles. The summed E-state index contributed by atoms with van der Waals surface area (Å²) in [5, 5.41) is 0. The average Bonchev–Trinajstić information content (AvgIpc) is 2.20. The molecule has 0 saturated carbocycles. The van der Waals surface area contributed by atoms with Crippen molar-refractivity contribution in [3.8, 4) is 0 Å². The van der Waals surface area contributed by atoms with Gasteiger partial charge >= 0.3 is 0 Å². The van der Waals surface area contributed by atoms with E-state index in [9.17, 15) is 4.79 Å². The van der Waals surface area contributed by atoms with E-state index in [1.54, 1.807) is 7.11 Å². The first kappa shape index (κ1) is 11.4. The molecule has 14 heavy (non-hydrogen) atoms. The van der Waals surface area contributed by atoms with E-state index in [-0.39, 0.29) is 11.7 Å². The van der Waals surface area contributed by atoms with Crippen LogP contribution in [0.25, 0.3) is 0 Å². The lowest BCUT2D eigenvalue weighted by Gasteiger charge is -2.10. The summed E-state index contributed by atoms with van der Waals surface area (Å²) in [4.78, 5) is 18.4. The van der Waals surface area contributed by atoms with Crippen molar-refractivity contribution in [3.63, 3.8) is 0 Å². The van der Waals surface area contributed by atoms with Gasteiger partial charge in [-0.3, -0.25) is 4.79 Å². The van der Waals surface area contributed by atoms with Crippen molar-refractivity contribution < 1.29 is 4.74 Å². The normalized spacial score (nSPS) is 12.9. The molecular formula is C9H13BrN2O2. The number of aromatic nitrogens is 2. The highest BCUT2D eigenvalue weighted by atomic mass is 79.9. The van der Waals surface area contributed by atoms with Crippen LogP contribution in [0.15, 0.2) is 9.27 Å². The van der Waals surface area contributed by atoms with Crippen LogP contribution in [-0.4, -0.2) is 17.1 Å². The number of H-pyrrole nitrogens is 1. The van der Waals surface area contributed by atoms with Crippen LogP contribution in [0.3, 0.4) is 0 Å². The summed E-state index contributed by atoms with van der Waals surface area (Å²) >= 11 is 3.20. The molecule has 0 aliphatic carbocycles. The Labute approximate surface area is 90.8 Å². The Bertz CT molecular complexity index is 376. The van der Waals surface area contributed by atoms with Crippen molar-refractivity contribution >= 4 is 15.9 Å². The van der Waals surface area contributed by atoms with Crippen LogP contribution in [-0.2, 0) is 11.2 Å². The lowest BCUT2D eigenvalue weighted by atomic mass is 10.3. The zero-order valence-corrected chi connectivity index (χ0v) is 10.0. The Morgan fingerprint density at radius 2 is 2.29 bits per heavy atom. The Balaban J connectivity index is 3.23. The van der Waals surface area contributed by atoms with Gasteiger partial charge in [-0.15, -0.1) is 0 Å². The van der Waals surface area contributed by atoms with Gasteiger partial charge in [-0.25, -0.2) is 4.98 Å². The molecule has 78 valence electrons. The van der Waals surface area contributed by atoms with Gasteiger partial charge in [-0.2, -0.15) is 0 Å². The highest BCUT2D eigenvalue weighted by molar-refractivity contribution is 9.10. The molecule has 0 aromatic carbocycles. The SMILES string of the molecule is CCc1nc(C(C)OC)[nH]c(=O)c1Br. The highest BCUT2D eigenvalue weighted by Crippen LogP contribution is 2.14. The van der Waals surface area contributed by atoms with Gasteiger partial charge in [0.15, 0.2) is 0 Å². The first-order valence-corrected chi connectivity index (χ1v) is 5.20. The number of hydrogen-bond donors (Lipinski definition) is 1. The summed E-state index contributed by atoms with van der Waals surface area (Å²) in [6, 6.07) is 0. The number of nitrogens with one attached hydrogen (secondary N) is 1. The van der Waals surface area contributed by atoms with Gasteiger partial charge in [0.1, 0.15) is 16.4 Å². The first-order valence-electron chi connectivity index (χ1n) is 4.41. The fourth-order valence-electron chi connectivity index (χ4n) is 1.06. The summed E-state index contributed by atoms with van der Waals surface area (Å²) in [5.74, 6) is 0.567. The molecule has 0 fully saturated rings. The van der Waals surface area contributed by atoms with Crippen LogP contribution in [0.5, 0.6) is 0 Å². The van der Waals surface area contributed by atoms with Crippen LogP contribution >= 0.6 is 15.9 Å². The minimum absolute atomic E-state index is 0.157. The third-order valence-corrected chi connectivity index (χ3v) is 2.84. The molecule has 0 bridgehead atoms. The molecule has 1 rings (SSSR count). The number of aryl methyl sites for hydroxylation is 1. The minimum atomic E-state index is -0.193. The van der Waals surface area contributed by atoms with E-state index >= 15 is 0 Å². The largest absolute Gasteiger partial charge is 0.374 e. The monoisotopic (exact) mass is 260 g/mol. The number of rotatable bonds is 3. The molecule has 1 unspecified atom stereocenters. The van der Waals surface area contributed by atoms with E-state index in [1.807, 2.05) is 13.8 Å². The van der Waals surface area contributed by atoms with E-state index in [0.717, 1.165) is 5.69 Å². The van der Waals surface area contributed by atoms with Crippen molar-refractivity contribution in [1.29, 1.82) is 0 Å². The van der Waals surface area contributed by atoms with Crippen LogP contribution in [0.1, 0.15) is 31.5 Å². The molecule has 5 heteroatoms. The number of aromatic amines is 1. The highest BCUT2D eigenvalue weighted by Gasteiger charge is 2.11. The predicted octanol–water partition coefficient (Wildman–Crippen LogP) is 1.80. The van der Waals surface area contributed by atoms with Gasteiger partial charge in [-0.1, -0.05) is 6.92 Å². The quantitative estimate of drug-likeness (QED) is 0.902. The van der Waals surface area contributed by atoms with E-state index in [2.05, 4.69) is 25.9 Å². The molecule has 1 atom stereocenters. The van der Waals surface area contributed by atoms with Gasteiger partial charge in [0, 0.05) is 7.11 Å². The molecule has 0 aliphatic rings. The molecule has 1 heterocycles. The summed E-state index contributed by atoms with van der Waals surface area (Å²) in [6.45, 7) is 3.79. The maximum atomic E-state index is 11.4. The topological polar surface area (TPSA) is 55.0 Å². The third kappa shape index (κ3) is 2.22. The van der Waals surface area contributed by atoms with Gasteiger partial charge in [0.2, 0.25) is 0 Å². The predicted molar refractivity (Wildman–Crippen MR) is 57.4 cm³/mol. The van der Waals surface area contributed by atoms with Gasteiger partial charge in [0.25, 0.3) is 5.56 Å². The fraction of sp³-hybridized carbons (Fsp3) is 0.556. The van der Waals surface area contributed by atoms with Crippen molar-refractivity contribution in [2.24, 2.45) is 0 Å². The summed E-state index contributed by atoms with van der Waals surface area (Å²) in [5.41, 5.74) is 0.600. The molecule has 0 radical (unpaired) electrons. The number of halogens is 1. The van der Waals surface area contributed by atoms with Crippen molar-refractivity contribution in [2.75, 3.05) is 7.11 Å². The van der Waals surface area contributed by atoms with E-state index in [4.69, 9.17) is 4.74 Å². The van der Waals surface area contributed by atoms with Crippen molar-refractivity contribution in [1.82, 2.24) is 9.97 Å². The summed E-state index contributed by atoms with van der Waals surface area (Å²) in [7, 11) is 1.58. The summed E-state index contributed by atoms with van der Waals surface area (Å²) < 4.78 is 5.59. The lowest BCUT2D eigenvalue weighted by Crippen LogP contribution is -2.17. The average molecular weight is 261 g/mol. The zero-order valence-electron chi connectivity index (χ0n) is 8.43. The molecule has 1 aromatic rings. The molecule has 1 N–H and O–H groups in total. The van der Waals surface area contributed by atoms with E-state index < -0.39 is 0 Å². The Morgan fingerprint density at radius 3 is 2.79 bits per heavy atom. The zero-order chi connectivity index (χ0) is 10.7. The minimum Gasteiger partial charge on any atom is -0.374 e. The molecule has 0 amide bonds. The Kier molecular flexibility index (Phi) is 3.83. The van der Waals surface area contributed by atoms with E-state index in [1.165, 1.54) is 0 Å². The number of ether oxygens (including phenoxy) is 1. The van der Waals surface area contributed by atoms with Crippen molar-refractivity contribution in [3.05, 3.63) is 26.3 Å². The smallest absolute Gasteiger partial charge is 0.265 e. The van der Waals surface area contributed by atoms with Gasteiger partial charge in [-0.05, 0) is 29.3 Å². The summed E-state index contributed by atoms with van der Waals surface area (Å²) in [6.07, 6.45) is 0.523. The lowest BCUT2D eigenvalue weighted by molar-refractivity contribution is 0.111. The number of nitrogens with zero attached hydrogens (tertiary/aromatic N) is 1. The maximum absolute atomic E-state index is 11.4. The van der Waals surface area contributed by atoms with Crippen LogP contribution < -0.4 is 5.56 Å². The number of methoxy groups -OCH3 is 1. The maximum Gasteiger partial charge on any atom is 0.265 e. The molecule has 0 saturated heterocycles. The third-order valence-electron chi connectivity index (χ3n) is 2.02.